The first-order valence-corrected chi connectivity index (χ1v) is 7.83. The zero-order chi connectivity index (χ0) is 17.5. The third-order valence-corrected chi connectivity index (χ3v) is 3.80. The predicted octanol–water partition coefficient (Wildman–Crippen LogP) is 3.29. The molecule has 0 aliphatic carbocycles. The van der Waals surface area contributed by atoms with E-state index >= 15 is 0 Å². The molecule has 0 spiro atoms. The molecule has 1 unspecified atom stereocenters. The summed E-state index contributed by atoms with van der Waals surface area (Å²) in [5.41, 5.74) is 0.875. The third kappa shape index (κ3) is 5.15. The van der Waals surface area contributed by atoms with Crippen molar-refractivity contribution in [1.29, 1.82) is 0 Å². The van der Waals surface area contributed by atoms with E-state index in [2.05, 4.69) is 5.32 Å². The number of benzene rings is 2. The van der Waals surface area contributed by atoms with Crippen molar-refractivity contribution in [2.24, 2.45) is 0 Å². The molecule has 126 valence electrons. The Morgan fingerprint density at radius 2 is 1.83 bits per heavy atom. The summed E-state index contributed by atoms with van der Waals surface area (Å²) in [4.78, 5) is 23.7. The van der Waals surface area contributed by atoms with Crippen molar-refractivity contribution in [1.82, 2.24) is 5.32 Å². The van der Waals surface area contributed by atoms with Gasteiger partial charge >= 0.3 is 0 Å². The van der Waals surface area contributed by atoms with Gasteiger partial charge in [-0.25, -0.2) is 4.39 Å². The summed E-state index contributed by atoms with van der Waals surface area (Å²) in [7, 11) is 0. The summed E-state index contributed by atoms with van der Waals surface area (Å²) in [6, 6.07) is 12.7. The SMILES string of the molecule is O=C(CCC(=O)c1ccccc1)NCC(O)c1ccc(Cl)c(F)c1. The first-order chi connectivity index (χ1) is 11.5. The zero-order valence-electron chi connectivity index (χ0n) is 12.8. The van der Waals surface area contributed by atoms with Gasteiger partial charge in [0, 0.05) is 24.9 Å². The largest absolute Gasteiger partial charge is 0.387 e. The van der Waals surface area contributed by atoms with Gasteiger partial charge in [-0.1, -0.05) is 48.0 Å². The lowest BCUT2D eigenvalue weighted by Crippen LogP contribution is -2.28. The molecule has 0 aliphatic heterocycles. The second-order valence-corrected chi connectivity index (χ2v) is 5.69. The summed E-state index contributed by atoms with van der Waals surface area (Å²) in [6.07, 6.45) is -0.942. The van der Waals surface area contributed by atoms with E-state index in [0.29, 0.717) is 11.1 Å². The van der Waals surface area contributed by atoms with Crippen LogP contribution in [0.4, 0.5) is 4.39 Å². The molecule has 0 aromatic heterocycles. The van der Waals surface area contributed by atoms with Crippen molar-refractivity contribution >= 4 is 23.3 Å². The highest BCUT2D eigenvalue weighted by molar-refractivity contribution is 6.30. The van der Waals surface area contributed by atoms with Gasteiger partial charge in [-0.2, -0.15) is 0 Å². The average molecular weight is 350 g/mol. The third-order valence-electron chi connectivity index (χ3n) is 3.50. The van der Waals surface area contributed by atoms with Crippen LogP contribution < -0.4 is 5.32 Å². The topological polar surface area (TPSA) is 66.4 Å². The van der Waals surface area contributed by atoms with Crippen LogP contribution in [0.25, 0.3) is 0 Å². The smallest absolute Gasteiger partial charge is 0.220 e. The summed E-state index contributed by atoms with van der Waals surface area (Å²) >= 11 is 5.58. The molecule has 1 atom stereocenters. The van der Waals surface area contributed by atoms with E-state index in [1.807, 2.05) is 6.07 Å². The van der Waals surface area contributed by atoms with Crippen LogP contribution in [-0.4, -0.2) is 23.3 Å². The van der Waals surface area contributed by atoms with Gasteiger partial charge in [0.25, 0.3) is 0 Å². The summed E-state index contributed by atoms with van der Waals surface area (Å²) < 4.78 is 13.3. The van der Waals surface area contributed by atoms with Crippen molar-refractivity contribution in [2.45, 2.75) is 18.9 Å². The molecular formula is C18H17ClFNO3. The van der Waals surface area contributed by atoms with Gasteiger partial charge in [0.15, 0.2) is 5.78 Å². The molecule has 0 fully saturated rings. The number of nitrogens with one attached hydrogen (secondary N) is 1. The maximum Gasteiger partial charge on any atom is 0.220 e. The van der Waals surface area contributed by atoms with Crippen molar-refractivity contribution < 1.29 is 19.1 Å². The van der Waals surface area contributed by atoms with E-state index in [0.717, 1.165) is 6.07 Å². The molecule has 2 rings (SSSR count). The zero-order valence-corrected chi connectivity index (χ0v) is 13.6. The van der Waals surface area contributed by atoms with E-state index < -0.39 is 11.9 Å². The highest BCUT2D eigenvalue weighted by Gasteiger charge is 2.13. The van der Waals surface area contributed by atoms with Crippen molar-refractivity contribution in [3.63, 3.8) is 0 Å². The van der Waals surface area contributed by atoms with Crippen LogP contribution in [-0.2, 0) is 4.79 Å². The van der Waals surface area contributed by atoms with Crippen molar-refractivity contribution in [3.05, 3.63) is 70.5 Å². The molecule has 24 heavy (non-hydrogen) atoms. The van der Waals surface area contributed by atoms with Gasteiger partial charge in [0.05, 0.1) is 11.1 Å². The molecule has 1 amide bonds. The van der Waals surface area contributed by atoms with E-state index in [4.69, 9.17) is 11.6 Å². The van der Waals surface area contributed by atoms with E-state index in [1.54, 1.807) is 24.3 Å². The lowest BCUT2D eigenvalue weighted by molar-refractivity contribution is -0.121. The maximum absolute atomic E-state index is 13.3. The molecule has 2 N–H and O–H groups in total. The Morgan fingerprint density at radius 1 is 1.12 bits per heavy atom. The number of Topliss-reactive ketones (excluding diaryl/α,β-unsaturated/α-hetero) is 1. The first kappa shape index (κ1) is 18.1. The molecule has 4 nitrogen and oxygen atoms in total. The Bertz CT molecular complexity index is 721. The normalized spacial score (nSPS) is 11.8. The van der Waals surface area contributed by atoms with Crippen LogP contribution in [0.5, 0.6) is 0 Å². The minimum absolute atomic E-state index is 0.0232. The number of carbonyl (C=O) groups is 2. The van der Waals surface area contributed by atoms with Crippen molar-refractivity contribution in [2.75, 3.05) is 6.54 Å². The van der Waals surface area contributed by atoms with Crippen LogP contribution in [0.1, 0.15) is 34.9 Å². The van der Waals surface area contributed by atoms with Crippen LogP contribution >= 0.6 is 11.6 Å². The molecule has 0 heterocycles. The number of amides is 1. The Labute approximate surface area is 144 Å². The molecule has 0 saturated carbocycles. The minimum Gasteiger partial charge on any atom is -0.387 e. The van der Waals surface area contributed by atoms with Gasteiger partial charge in [-0.3, -0.25) is 9.59 Å². The maximum atomic E-state index is 13.3. The van der Waals surface area contributed by atoms with Crippen LogP contribution in [0.15, 0.2) is 48.5 Å². The molecular weight excluding hydrogens is 333 g/mol. The number of hydrogen-bond donors (Lipinski definition) is 2. The molecule has 2 aromatic carbocycles. The Kier molecular flexibility index (Phi) is 6.46. The fourth-order valence-corrected chi connectivity index (χ4v) is 2.25. The fraction of sp³-hybridized carbons (Fsp3) is 0.222. The van der Waals surface area contributed by atoms with Gasteiger partial charge < -0.3 is 10.4 Å². The number of aliphatic hydroxyl groups is 1. The average Bonchev–Trinajstić information content (AvgIpc) is 2.60. The molecule has 0 aliphatic rings. The Morgan fingerprint density at radius 3 is 2.50 bits per heavy atom. The summed E-state index contributed by atoms with van der Waals surface area (Å²) in [5, 5.41) is 12.4. The lowest BCUT2D eigenvalue weighted by Gasteiger charge is -2.12. The molecule has 2 aromatic rings. The number of halogens is 2. The Balaban J connectivity index is 1.78. The van der Waals surface area contributed by atoms with E-state index in [9.17, 15) is 19.1 Å². The standard InChI is InChI=1S/C18H17ClFNO3/c19-14-7-6-13(10-15(14)20)17(23)11-21-18(24)9-8-16(22)12-4-2-1-3-5-12/h1-7,10,17,23H,8-9,11H2,(H,21,24). The van der Waals surface area contributed by atoms with Crippen LogP contribution in [0, 0.1) is 5.82 Å². The van der Waals surface area contributed by atoms with Gasteiger partial charge in [0.1, 0.15) is 5.82 Å². The summed E-state index contributed by atoms with van der Waals surface area (Å²) in [6.45, 7) is -0.0700. The number of carbonyl (C=O) groups excluding carboxylic acids is 2. The molecule has 0 radical (unpaired) electrons. The summed E-state index contributed by atoms with van der Waals surface area (Å²) in [5.74, 6) is -1.10. The van der Waals surface area contributed by atoms with E-state index in [1.165, 1.54) is 12.1 Å². The van der Waals surface area contributed by atoms with Gasteiger partial charge in [-0.05, 0) is 17.7 Å². The highest BCUT2D eigenvalue weighted by Crippen LogP contribution is 2.19. The monoisotopic (exact) mass is 349 g/mol. The number of hydrogen-bond acceptors (Lipinski definition) is 3. The van der Waals surface area contributed by atoms with Gasteiger partial charge in [-0.15, -0.1) is 0 Å². The predicted molar refractivity (Wildman–Crippen MR) is 89.4 cm³/mol. The lowest BCUT2D eigenvalue weighted by atomic mass is 10.1. The van der Waals surface area contributed by atoms with Crippen LogP contribution in [0.3, 0.4) is 0 Å². The Hall–Kier alpha value is -2.24. The molecule has 0 bridgehead atoms. The molecule has 6 heteroatoms. The second-order valence-electron chi connectivity index (χ2n) is 5.28. The number of rotatable bonds is 7. The second kappa shape index (κ2) is 8.57. The van der Waals surface area contributed by atoms with Crippen LogP contribution in [0.2, 0.25) is 5.02 Å². The first-order valence-electron chi connectivity index (χ1n) is 7.45. The van der Waals surface area contributed by atoms with Crippen molar-refractivity contribution in [3.8, 4) is 0 Å². The molecule has 0 saturated heterocycles. The number of ketones is 1. The number of aliphatic hydroxyl groups excluding tert-OH is 1. The highest BCUT2D eigenvalue weighted by atomic mass is 35.5. The quantitative estimate of drug-likeness (QED) is 0.754. The van der Waals surface area contributed by atoms with Gasteiger partial charge in [0.2, 0.25) is 5.91 Å². The van der Waals surface area contributed by atoms with E-state index in [-0.39, 0.29) is 36.1 Å². The minimum atomic E-state index is -1.05. The fourth-order valence-electron chi connectivity index (χ4n) is 2.13.